The van der Waals surface area contributed by atoms with Crippen LogP contribution < -0.4 is 10.9 Å². The number of carbonyl (C=O) groups is 1. The van der Waals surface area contributed by atoms with Crippen LogP contribution in [-0.4, -0.2) is 21.2 Å². The first-order chi connectivity index (χ1) is 14.5. The summed E-state index contributed by atoms with van der Waals surface area (Å²) in [6.07, 6.45) is 4.90. The van der Waals surface area contributed by atoms with Gasteiger partial charge < -0.3 is 5.32 Å². The van der Waals surface area contributed by atoms with Crippen LogP contribution >= 0.6 is 11.8 Å². The van der Waals surface area contributed by atoms with Crippen LogP contribution in [0.4, 0.5) is 14.5 Å². The number of benzene rings is 2. The number of alkyl halides is 2. The minimum absolute atomic E-state index is 0.0810. The van der Waals surface area contributed by atoms with Crippen LogP contribution in [-0.2, 0) is 13.0 Å². The van der Waals surface area contributed by atoms with Gasteiger partial charge in [0.05, 0.1) is 16.6 Å². The molecule has 0 radical (unpaired) electrons. The second-order valence-electron chi connectivity index (χ2n) is 7.21. The van der Waals surface area contributed by atoms with Gasteiger partial charge in [-0.05, 0) is 43.2 Å². The number of para-hydroxylation sites is 1. The molecule has 0 saturated carbocycles. The number of anilines is 1. The first-order valence-corrected chi connectivity index (χ1v) is 10.8. The number of amides is 1. The van der Waals surface area contributed by atoms with E-state index < -0.39 is 11.7 Å². The molecule has 1 aliphatic rings. The van der Waals surface area contributed by atoms with Crippen molar-refractivity contribution in [1.29, 1.82) is 0 Å². The molecule has 0 saturated heterocycles. The zero-order valence-electron chi connectivity index (χ0n) is 16.2. The average Bonchev–Trinajstić information content (AvgIpc) is 2.70. The van der Waals surface area contributed by atoms with Crippen molar-refractivity contribution in [3.05, 3.63) is 64.2 Å². The summed E-state index contributed by atoms with van der Waals surface area (Å²) in [5.74, 6) is -2.27. The Bertz CT molecular complexity index is 1150. The maximum atomic E-state index is 12.9. The quantitative estimate of drug-likeness (QED) is 0.588. The third-order valence-corrected chi connectivity index (χ3v) is 5.97. The second-order valence-corrected chi connectivity index (χ2v) is 8.24. The summed E-state index contributed by atoms with van der Waals surface area (Å²) in [5.41, 5.74) is 1.04. The van der Waals surface area contributed by atoms with Crippen molar-refractivity contribution in [2.75, 3.05) is 5.32 Å². The predicted molar refractivity (Wildman–Crippen MR) is 114 cm³/mol. The molecule has 2 aromatic carbocycles. The highest BCUT2D eigenvalue weighted by Gasteiger charge is 2.16. The number of aromatic nitrogens is 2. The summed E-state index contributed by atoms with van der Waals surface area (Å²) in [7, 11) is 0. The predicted octanol–water partition coefficient (Wildman–Crippen LogP) is 5.08. The number of halogens is 2. The van der Waals surface area contributed by atoms with Gasteiger partial charge in [0.25, 0.3) is 17.2 Å². The molecule has 0 fully saturated rings. The van der Waals surface area contributed by atoms with Crippen molar-refractivity contribution in [1.82, 2.24) is 9.55 Å². The number of nitrogens with zero attached hydrogens (tertiary/aromatic N) is 2. The van der Waals surface area contributed by atoms with E-state index in [2.05, 4.69) is 10.3 Å². The fraction of sp³-hybridized carbons (Fsp3) is 0.318. The molecular formula is C22H21F2N3O2S. The first kappa shape index (κ1) is 20.5. The van der Waals surface area contributed by atoms with Crippen LogP contribution in [0.1, 0.15) is 41.9 Å². The molecule has 4 rings (SSSR count). The topological polar surface area (TPSA) is 64.0 Å². The summed E-state index contributed by atoms with van der Waals surface area (Å²) < 4.78 is 27.3. The number of nitrogens with one attached hydrogen (secondary N) is 1. The Morgan fingerprint density at radius 2 is 1.90 bits per heavy atom. The number of hydrogen-bond donors (Lipinski definition) is 1. The van der Waals surface area contributed by atoms with E-state index in [0.29, 0.717) is 45.4 Å². The lowest BCUT2D eigenvalue weighted by atomic mass is 10.1. The molecule has 5 nitrogen and oxygen atoms in total. The Morgan fingerprint density at radius 1 is 1.10 bits per heavy atom. The molecule has 0 unspecified atom stereocenters. The van der Waals surface area contributed by atoms with Gasteiger partial charge in [-0.1, -0.05) is 36.7 Å². The van der Waals surface area contributed by atoms with Crippen molar-refractivity contribution in [2.45, 2.75) is 49.3 Å². The smallest absolute Gasteiger partial charge is 0.288 e. The number of fused-ring (bicyclic) bond motifs is 2. The SMILES string of the molecule is O=C(Nc1ccccc1SC(F)F)c1ccc2c(=O)n3c(nc2c1)CCCCCC3. The van der Waals surface area contributed by atoms with Gasteiger partial charge >= 0.3 is 0 Å². The number of thioether (sulfide) groups is 1. The van der Waals surface area contributed by atoms with Crippen LogP contribution in [0, 0.1) is 0 Å². The molecule has 156 valence electrons. The Labute approximate surface area is 176 Å². The van der Waals surface area contributed by atoms with Crippen molar-refractivity contribution in [3.63, 3.8) is 0 Å². The molecular weight excluding hydrogens is 408 g/mol. The lowest BCUT2D eigenvalue weighted by Gasteiger charge is -2.16. The van der Waals surface area contributed by atoms with Gasteiger partial charge in [0.15, 0.2) is 0 Å². The summed E-state index contributed by atoms with van der Waals surface area (Å²) in [4.78, 5) is 30.6. The van der Waals surface area contributed by atoms with Gasteiger partial charge in [0.1, 0.15) is 5.82 Å². The number of carbonyl (C=O) groups excluding carboxylic acids is 1. The molecule has 0 bridgehead atoms. The van der Waals surface area contributed by atoms with E-state index in [-0.39, 0.29) is 5.56 Å². The molecule has 1 aromatic heterocycles. The first-order valence-electron chi connectivity index (χ1n) is 9.91. The highest BCUT2D eigenvalue weighted by molar-refractivity contribution is 7.99. The van der Waals surface area contributed by atoms with Crippen molar-refractivity contribution in [2.24, 2.45) is 0 Å². The van der Waals surface area contributed by atoms with E-state index in [9.17, 15) is 18.4 Å². The number of rotatable bonds is 4. The largest absolute Gasteiger partial charge is 0.321 e. The Balaban J connectivity index is 1.66. The van der Waals surface area contributed by atoms with E-state index in [1.165, 1.54) is 6.07 Å². The highest BCUT2D eigenvalue weighted by atomic mass is 32.2. The van der Waals surface area contributed by atoms with Gasteiger partial charge in [-0.25, -0.2) is 4.98 Å². The normalized spacial score (nSPS) is 14.2. The van der Waals surface area contributed by atoms with Crippen LogP contribution in [0.5, 0.6) is 0 Å². The van der Waals surface area contributed by atoms with Gasteiger partial charge in [0, 0.05) is 23.4 Å². The molecule has 2 heterocycles. The van der Waals surface area contributed by atoms with E-state index in [1.807, 2.05) is 0 Å². The van der Waals surface area contributed by atoms with Crippen molar-refractivity contribution < 1.29 is 13.6 Å². The zero-order valence-corrected chi connectivity index (χ0v) is 17.1. The van der Waals surface area contributed by atoms with E-state index in [1.54, 1.807) is 41.0 Å². The van der Waals surface area contributed by atoms with Gasteiger partial charge in [-0.2, -0.15) is 8.78 Å². The summed E-state index contributed by atoms with van der Waals surface area (Å²) >= 11 is 0.381. The fourth-order valence-electron chi connectivity index (χ4n) is 3.70. The molecule has 1 N–H and O–H groups in total. The van der Waals surface area contributed by atoms with Crippen molar-refractivity contribution >= 4 is 34.3 Å². The number of aryl methyl sites for hydroxylation is 1. The average molecular weight is 429 g/mol. The van der Waals surface area contributed by atoms with E-state index in [4.69, 9.17) is 0 Å². The van der Waals surface area contributed by atoms with Gasteiger partial charge in [-0.3, -0.25) is 14.2 Å². The Hall–Kier alpha value is -2.74. The van der Waals surface area contributed by atoms with Gasteiger partial charge in [-0.15, -0.1) is 0 Å². The third kappa shape index (κ3) is 4.38. The lowest BCUT2D eigenvalue weighted by Crippen LogP contribution is -2.26. The number of hydrogen-bond acceptors (Lipinski definition) is 4. The lowest BCUT2D eigenvalue weighted by molar-refractivity contribution is 0.102. The van der Waals surface area contributed by atoms with Crippen LogP contribution in [0.15, 0.2) is 52.2 Å². The Morgan fingerprint density at radius 3 is 2.73 bits per heavy atom. The summed E-state index contributed by atoms with van der Waals surface area (Å²) in [6.45, 7) is 0.665. The minimum Gasteiger partial charge on any atom is -0.321 e. The molecule has 1 aliphatic heterocycles. The standard InChI is InChI=1S/C22H21F2N3O2S/c23-22(24)30-18-8-5-4-7-16(18)26-20(28)14-10-11-15-17(13-14)25-19-9-3-1-2-6-12-27(19)21(15)29/h4-5,7-8,10-11,13,22H,1-3,6,9,12H2,(H,26,28). The van der Waals surface area contributed by atoms with Crippen molar-refractivity contribution in [3.8, 4) is 0 Å². The molecule has 0 spiro atoms. The molecule has 8 heteroatoms. The van der Waals surface area contributed by atoms with Crippen LogP contribution in [0.25, 0.3) is 10.9 Å². The van der Waals surface area contributed by atoms with Crippen LogP contribution in [0.2, 0.25) is 0 Å². The summed E-state index contributed by atoms with van der Waals surface area (Å²) in [5, 5.41) is 3.16. The molecule has 30 heavy (non-hydrogen) atoms. The van der Waals surface area contributed by atoms with Crippen LogP contribution in [0.3, 0.4) is 0 Å². The highest BCUT2D eigenvalue weighted by Crippen LogP contribution is 2.32. The third-order valence-electron chi connectivity index (χ3n) is 5.18. The second kappa shape index (κ2) is 8.95. The maximum absolute atomic E-state index is 12.9. The summed E-state index contributed by atoms with van der Waals surface area (Å²) in [6, 6.07) is 11.2. The minimum atomic E-state index is -2.58. The zero-order chi connectivity index (χ0) is 21.1. The monoisotopic (exact) mass is 429 g/mol. The Kier molecular flexibility index (Phi) is 6.13. The molecule has 3 aromatic rings. The van der Waals surface area contributed by atoms with E-state index in [0.717, 1.165) is 37.9 Å². The molecule has 0 aliphatic carbocycles. The maximum Gasteiger partial charge on any atom is 0.288 e. The van der Waals surface area contributed by atoms with Gasteiger partial charge in [0.2, 0.25) is 0 Å². The fourth-order valence-corrected chi connectivity index (χ4v) is 4.29. The van der Waals surface area contributed by atoms with E-state index >= 15 is 0 Å². The molecule has 0 atom stereocenters. The molecule has 1 amide bonds.